The minimum Gasteiger partial charge on any atom is -0.369 e. The van der Waals surface area contributed by atoms with Crippen LogP contribution in [0.2, 0.25) is 0 Å². The number of anilines is 2. The summed E-state index contributed by atoms with van der Waals surface area (Å²) in [6.45, 7) is 5.88. The molecule has 1 aliphatic heterocycles. The lowest BCUT2D eigenvalue weighted by molar-refractivity contribution is -0.136. The standard InChI is InChI=1S/C27H31N5O2/c1-2-21-10-12-23(13-11-21)30-27(34)26(33)29-20-25(22-7-6-14-28-19-22)32-17-15-31(16-18-32)24-8-4-3-5-9-24/h3-14,19,25H,2,15-18,20H2,1H3,(H,29,33)(H,30,34)/t25-/m1/s1. The van der Waals surface area contributed by atoms with E-state index in [0.29, 0.717) is 12.2 Å². The van der Waals surface area contributed by atoms with Gasteiger partial charge in [-0.15, -0.1) is 0 Å². The third-order valence-electron chi connectivity index (χ3n) is 6.23. The number of para-hydroxylation sites is 1. The van der Waals surface area contributed by atoms with Crippen LogP contribution in [0, 0.1) is 0 Å². The first-order chi connectivity index (χ1) is 16.6. The van der Waals surface area contributed by atoms with Crippen LogP contribution >= 0.6 is 0 Å². The number of carbonyl (C=O) groups is 2. The Morgan fingerprint density at radius 3 is 2.29 bits per heavy atom. The third-order valence-corrected chi connectivity index (χ3v) is 6.23. The Kier molecular flexibility index (Phi) is 7.88. The molecule has 0 spiro atoms. The van der Waals surface area contributed by atoms with E-state index in [4.69, 9.17) is 0 Å². The number of amides is 2. The monoisotopic (exact) mass is 457 g/mol. The number of nitrogens with one attached hydrogen (secondary N) is 2. The average molecular weight is 458 g/mol. The zero-order chi connectivity index (χ0) is 23.8. The van der Waals surface area contributed by atoms with Crippen molar-refractivity contribution in [3.05, 3.63) is 90.3 Å². The molecule has 1 saturated heterocycles. The number of aryl methyl sites for hydroxylation is 1. The predicted octanol–water partition coefficient (Wildman–Crippen LogP) is 3.26. The van der Waals surface area contributed by atoms with Gasteiger partial charge in [-0.25, -0.2) is 0 Å². The third kappa shape index (κ3) is 5.99. The Balaban J connectivity index is 1.37. The van der Waals surface area contributed by atoms with Gasteiger partial charge in [0.15, 0.2) is 0 Å². The molecule has 0 radical (unpaired) electrons. The Hall–Kier alpha value is -3.71. The van der Waals surface area contributed by atoms with Gasteiger partial charge in [0.2, 0.25) is 0 Å². The van der Waals surface area contributed by atoms with E-state index in [9.17, 15) is 9.59 Å². The van der Waals surface area contributed by atoms with Crippen LogP contribution in [-0.2, 0) is 16.0 Å². The first-order valence-corrected chi connectivity index (χ1v) is 11.8. The zero-order valence-corrected chi connectivity index (χ0v) is 19.5. The molecule has 1 aliphatic rings. The maximum atomic E-state index is 12.6. The van der Waals surface area contributed by atoms with Gasteiger partial charge in [-0.3, -0.25) is 19.5 Å². The zero-order valence-electron chi connectivity index (χ0n) is 19.5. The predicted molar refractivity (Wildman–Crippen MR) is 135 cm³/mol. The molecule has 7 nitrogen and oxygen atoms in total. The largest absolute Gasteiger partial charge is 0.369 e. The summed E-state index contributed by atoms with van der Waals surface area (Å²) in [5.74, 6) is -1.31. The topological polar surface area (TPSA) is 77.6 Å². The molecule has 7 heteroatoms. The fourth-order valence-corrected chi connectivity index (χ4v) is 4.24. The molecule has 3 aromatic rings. The molecule has 1 aromatic heterocycles. The van der Waals surface area contributed by atoms with Crippen molar-refractivity contribution in [2.45, 2.75) is 19.4 Å². The fourth-order valence-electron chi connectivity index (χ4n) is 4.24. The maximum Gasteiger partial charge on any atom is 0.313 e. The highest BCUT2D eigenvalue weighted by Gasteiger charge is 2.26. The smallest absolute Gasteiger partial charge is 0.313 e. The van der Waals surface area contributed by atoms with Gasteiger partial charge in [0.25, 0.3) is 0 Å². The Bertz CT molecular complexity index is 1070. The molecular weight excluding hydrogens is 426 g/mol. The van der Waals surface area contributed by atoms with Crippen LogP contribution in [0.25, 0.3) is 0 Å². The molecule has 2 amide bonds. The van der Waals surface area contributed by atoms with Crippen molar-refractivity contribution in [1.29, 1.82) is 0 Å². The number of nitrogens with zero attached hydrogens (tertiary/aromatic N) is 3. The first-order valence-electron chi connectivity index (χ1n) is 11.8. The van der Waals surface area contributed by atoms with Crippen molar-refractivity contribution in [3.8, 4) is 0 Å². The average Bonchev–Trinajstić information content (AvgIpc) is 2.90. The summed E-state index contributed by atoms with van der Waals surface area (Å²) in [7, 11) is 0. The van der Waals surface area contributed by atoms with Crippen molar-refractivity contribution in [1.82, 2.24) is 15.2 Å². The molecule has 1 fully saturated rings. The van der Waals surface area contributed by atoms with Crippen LogP contribution in [0.5, 0.6) is 0 Å². The van der Waals surface area contributed by atoms with E-state index in [2.05, 4.69) is 56.6 Å². The quantitative estimate of drug-likeness (QED) is 0.533. The number of benzene rings is 2. The molecular formula is C27H31N5O2. The van der Waals surface area contributed by atoms with Crippen LogP contribution in [0.3, 0.4) is 0 Å². The summed E-state index contributed by atoms with van der Waals surface area (Å²) >= 11 is 0. The Morgan fingerprint density at radius 1 is 0.912 bits per heavy atom. The lowest BCUT2D eigenvalue weighted by Crippen LogP contribution is -2.50. The van der Waals surface area contributed by atoms with Crippen molar-refractivity contribution in [2.75, 3.05) is 42.9 Å². The number of carbonyl (C=O) groups excluding carboxylic acids is 2. The normalized spacial score (nSPS) is 14.9. The van der Waals surface area contributed by atoms with Crippen LogP contribution in [0.15, 0.2) is 79.1 Å². The SMILES string of the molecule is CCc1ccc(NC(=O)C(=O)NC[C@H](c2cccnc2)N2CCN(c3ccccc3)CC2)cc1. The number of rotatable bonds is 7. The highest BCUT2D eigenvalue weighted by molar-refractivity contribution is 6.39. The summed E-state index contributed by atoms with van der Waals surface area (Å²) in [6, 6.07) is 21.8. The van der Waals surface area contributed by atoms with Crippen molar-refractivity contribution >= 4 is 23.2 Å². The maximum absolute atomic E-state index is 12.6. The van der Waals surface area contributed by atoms with E-state index in [0.717, 1.165) is 38.2 Å². The number of pyridine rings is 1. The van der Waals surface area contributed by atoms with Crippen molar-refractivity contribution in [2.24, 2.45) is 0 Å². The minimum atomic E-state index is -0.664. The van der Waals surface area contributed by atoms with E-state index in [-0.39, 0.29) is 6.04 Å². The van der Waals surface area contributed by atoms with Gasteiger partial charge >= 0.3 is 11.8 Å². The van der Waals surface area contributed by atoms with E-state index in [1.807, 2.05) is 48.7 Å². The van der Waals surface area contributed by atoms with Crippen LogP contribution in [0.4, 0.5) is 11.4 Å². The van der Waals surface area contributed by atoms with Gasteiger partial charge in [0.05, 0.1) is 6.04 Å². The summed E-state index contributed by atoms with van der Waals surface area (Å²) in [5, 5.41) is 5.51. The van der Waals surface area contributed by atoms with Crippen molar-refractivity contribution in [3.63, 3.8) is 0 Å². The summed E-state index contributed by atoms with van der Waals surface area (Å²) < 4.78 is 0. The fraction of sp³-hybridized carbons (Fsp3) is 0.296. The van der Waals surface area contributed by atoms with Crippen LogP contribution < -0.4 is 15.5 Å². The van der Waals surface area contributed by atoms with E-state index in [1.54, 1.807) is 6.20 Å². The second kappa shape index (κ2) is 11.4. The second-order valence-corrected chi connectivity index (χ2v) is 8.38. The minimum absolute atomic E-state index is 0.0628. The van der Waals surface area contributed by atoms with Crippen LogP contribution in [0.1, 0.15) is 24.1 Å². The van der Waals surface area contributed by atoms with Gasteiger partial charge in [-0.1, -0.05) is 43.3 Å². The van der Waals surface area contributed by atoms with Crippen molar-refractivity contribution < 1.29 is 9.59 Å². The highest BCUT2D eigenvalue weighted by Crippen LogP contribution is 2.23. The molecule has 0 aliphatic carbocycles. The number of hydrogen-bond acceptors (Lipinski definition) is 5. The molecule has 2 aromatic carbocycles. The number of aromatic nitrogens is 1. The summed E-state index contributed by atoms with van der Waals surface area (Å²) in [4.78, 5) is 34.0. The van der Waals surface area contributed by atoms with E-state index < -0.39 is 11.8 Å². The van der Waals surface area contributed by atoms with E-state index >= 15 is 0 Å². The lowest BCUT2D eigenvalue weighted by atomic mass is 10.1. The van der Waals surface area contributed by atoms with Crippen LogP contribution in [-0.4, -0.2) is 54.4 Å². The molecule has 0 saturated carbocycles. The molecule has 4 rings (SSSR count). The molecule has 0 unspecified atom stereocenters. The first kappa shape index (κ1) is 23.4. The lowest BCUT2D eigenvalue weighted by Gasteiger charge is -2.40. The van der Waals surface area contributed by atoms with E-state index in [1.165, 1.54) is 11.3 Å². The highest BCUT2D eigenvalue weighted by atomic mass is 16.2. The molecule has 1 atom stereocenters. The summed E-state index contributed by atoms with van der Waals surface area (Å²) in [5.41, 5.74) is 4.02. The molecule has 176 valence electrons. The van der Waals surface area contributed by atoms with Gasteiger partial charge in [-0.05, 0) is 47.9 Å². The second-order valence-electron chi connectivity index (χ2n) is 8.38. The van der Waals surface area contributed by atoms with Gasteiger partial charge in [0.1, 0.15) is 0 Å². The molecule has 0 bridgehead atoms. The van der Waals surface area contributed by atoms with Gasteiger partial charge in [0, 0.05) is 56.5 Å². The van der Waals surface area contributed by atoms with Gasteiger partial charge < -0.3 is 15.5 Å². The Labute approximate surface area is 200 Å². The molecule has 2 N–H and O–H groups in total. The summed E-state index contributed by atoms with van der Waals surface area (Å²) in [6.07, 6.45) is 4.49. The number of piperazine rings is 1. The number of hydrogen-bond donors (Lipinski definition) is 2. The molecule has 2 heterocycles. The molecule has 34 heavy (non-hydrogen) atoms. The van der Waals surface area contributed by atoms with Gasteiger partial charge in [-0.2, -0.15) is 0 Å². The Morgan fingerprint density at radius 2 is 1.65 bits per heavy atom.